The number of hydrogen-bond acceptors (Lipinski definition) is 5. The van der Waals surface area contributed by atoms with E-state index in [4.69, 9.17) is 4.74 Å². The molecule has 5 rings (SSSR count). The first-order valence-electron chi connectivity index (χ1n) is 9.82. The topological polar surface area (TPSA) is 65.9 Å². The molecule has 0 radical (unpaired) electrons. The number of anilines is 1. The van der Waals surface area contributed by atoms with Gasteiger partial charge < -0.3 is 14.6 Å². The smallest absolute Gasteiger partial charge is 0.332 e. The van der Waals surface area contributed by atoms with Gasteiger partial charge in [-0.25, -0.2) is 14.2 Å². The van der Waals surface area contributed by atoms with E-state index in [1.165, 1.54) is 0 Å². The third-order valence-electron chi connectivity index (χ3n) is 5.63. The molecule has 1 aliphatic heterocycles. The minimum atomic E-state index is -0.140. The summed E-state index contributed by atoms with van der Waals surface area (Å²) in [4.78, 5) is 24.9. The summed E-state index contributed by atoms with van der Waals surface area (Å²) in [5.41, 5.74) is 3.43. The van der Waals surface area contributed by atoms with Crippen molar-refractivity contribution in [1.82, 2.24) is 19.3 Å². The van der Waals surface area contributed by atoms with Gasteiger partial charge in [-0.1, -0.05) is 24.3 Å². The number of nitrogens with zero attached hydrogens (tertiary/aromatic N) is 4. The Kier molecular flexibility index (Phi) is 4.44. The van der Waals surface area contributed by atoms with Gasteiger partial charge in [0.1, 0.15) is 5.75 Å². The summed E-state index contributed by atoms with van der Waals surface area (Å²) in [7, 11) is 1.71. The maximum atomic E-state index is 12.7. The molecule has 2 aromatic carbocycles. The monoisotopic (exact) mass is 389 g/mol. The van der Waals surface area contributed by atoms with Gasteiger partial charge in [0.15, 0.2) is 5.65 Å². The number of fused-ring (bicyclic) bond motifs is 3. The molecule has 1 N–H and O–H groups in total. The molecular formula is C22H23N5O2. The number of benzene rings is 2. The fourth-order valence-electron chi connectivity index (χ4n) is 4.14. The van der Waals surface area contributed by atoms with E-state index in [1.54, 1.807) is 11.5 Å². The first-order valence-corrected chi connectivity index (χ1v) is 9.82. The number of ether oxygens (including phenoxy) is 1. The lowest BCUT2D eigenvalue weighted by atomic mass is 10.2. The van der Waals surface area contributed by atoms with E-state index in [0.29, 0.717) is 12.2 Å². The molecular weight excluding hydrogens is 366 g/mol. The number of rotatable bonds is 4. The molecule has 4 aromatic rings. The Labute approximate surface area is 168 Å². The zero-order valence-electron chi connectivity index (χ0n) is 16.3. The van der Waals surface area contributed by atoms with Crippen LogP contribution in [0.15, 0.2) is 59.5 Å². The van der Waals surface area contributed by atoms with Crippen molar-refractivity contribution in [1.29, 1.82) is 0 Å². The van der Waals surface area contributed by atoms with Crippen molar-refractivity contribution >= 4 is 22.2 Å². The Bertz CT molecular complexity index is 1220. The van der Waals surface area contributed by atoms with Crippen LogP contribution < -0.4 is 15.3 Å². The van der Waals surface area contributed by atoms with Crippen molar-refractivity contribution in [3.8, 4) is 5.75 Å². The minimum Gasteiger partial charge on any atom is -0.495 e. The molecule has 7 nitrogen and oxygen atoms in total. The molecule has 1 fully saturated rings. The highest BCUT2D eigenvalue weighted by atomic mass is 16.5. The summed E-state index contributed by atoms with van der Waals surface area (Å²) in [6, 6.07) is 15.9. The highest BCUT2D eigenvalue weighted by molar-refractivity contribution is 5.91. The van der Waals surface area contributed by atoms with Gasteiger partial charge in [-0.3, -0.25) is 4.90 Å². The highest BCUT2D eigenvalue weighted by Gasteiger charge is 2.21. The molecule has 7 heteroatoms. The van der Waals surface area contributed by atoms with Crippen molar-refractivity contribution < 1.29 is 4.74 Å². The lowest BCUT2D eigenvalue weighted by Crippen LogP contribution is -2.46. The lowest BCUT2D eigenvalue weighted by molar-refractivity contribution is 0.245. The Morgan fingerprint density at radius 3 is 2.62 bits per heavy atom. The van der Waals surface area contributed by atoms with Crippen LogP contribution in [0.1, 0.15) is 5.69 Å². The second-order valence-electron chi connectivity index (χ2n) is 7.32. The predicted molar refractivity (Wildman–Crippen MR) is 114 cm³/mol. The van der Waals surface area contributed by atoms with Crippen LogP contribution in [0.2, 0.25) is 0 Å². The van der Waals surface area contributed by atoms with Crippen LogP contribution >= 0.6 is 0 Å². The van der Waals surface area contributed by atoms with Crippen LogP contribution in [0, 0.1) is 0 Å². The average Bonchev–Trinajstić information content (AvgIpc) is 3.19. The number of methoxy groups -OCH3 is 1. The van der Waals surface area contributed by atoms with Gasteiger partial charge in [0, 0.05) is 38.1 Å². The van der Waals surface area contributed by atoms with Gasteiger partial charge in [0.2, 0.25) is 0 Å². The largest absolute Gasteiger partial charge is 0.495 e. The van der Waals surface area contributed by atoms with Crippen molar-refractivity contribution in [2.45, 2.75) is 6.54 Å². The molecule has 0 amide bonds. The van der Waals surface area contributed by atoms with Crippen LogP contribution in [0.3, 0.4) is 0 Å². The zero-order chi connectivity index (χ0) is 19.8. The molecule has 0 atom stereocenters. The van der Waals surface area contributed by atoms with Crippen molar-refractivity contribution in [3.05, 3.63) is 70.9 Å². The van der Waals surface area contributed by atoms with E-state index in [1.807, 2.05) is 48.7 Å². The number of H-pyrrole nitrogens is 1. The Morgan fingerprint density at radius 2 is 1.79 bits per heavy atom. The Balaban J connectivity index is 1.36. The third-order valence-corrected chi connectivity index (χ3v) is 5.63. The number of piperazine rings is 1. The summed E-state index contributed by atoms with van der Waals surface area (Å²) in [5.74, 6) is 0.904. The van der Waals surface area contributed by atoms with Gasteiger partial charge in [-0.15, -0.1) is 0 Å². The summed E-state index contributed by atoms with van der Waals surface area (Å²) in [6.07, 6.45) is 1.82. The first-order chi connectivity index (χ1) is 14.2. The second kappa shape index (κ2) is 7.25. The molecule has 2 aromatic heterocycles. The normalized spacial score (nSPS) is 15.3. The first kappa shape index (κ1) is 17.8. The molecule has 0 unspecified atom stereocenters. The lowest BCUT2D eigenvalue weighted by Gasteiger charge is -2.36. The van der Waals surface area contributed by atoms with Crippen LogP contribution in [-0.4, -0.2) is 52.6 Å². The quantitative estimate of drug-likeness (QED) is 0.581. The fraction of sp³-hybridized carbons (Fsp3) is 0.273. The van der Waals surface area contributed by atoms with E-state index in [0.717, 1.165) is 54.2 Å². The molecule has 1 saturated heterocycles. The van der Waals surface area contributed by atoms with Gasteiger partial charge in [-0.2, -0.15) is 0 Å². The van der Waals surface area contributed by atoms with Crippen molar-refractivity contribution in [2.75, 3.05) is 38.2 Å². The number of aromatic nitrogens is 3. The summed E-state index contributed by atoms with van der Waals surface area (Å²) in [6.45, 7) is 4.35. The SMILES string of the molecule is COc1ccccc1N1CCN(Cc2cnc3c4ccccc4[nH]c(=O)n23)CC1. The average molecular weight is 389 g/mol. The molecule has 0 saturated carbocycles. The molecule has 0 aliphatic carbocycles. The van der Waals surface area contributed by atoms with E-state index in [2.05, 4.69) is 25.8 Å². The van der Waals surface area contributed by atoms with Crippen molar-refractivity contribution in [2.24, 2.45) is 0 Å². The molecule has 29 heavy (non-hydrogen) atoms. The summed E-state index contributed by atoms with van der Waals surface area (Å²) in [5, 5.41) is 0.958. The van der Waals surface area contributed by atoms with Crippen LogP contribution in [0.4, 0.5) is 5.69 Å². The number of aromatic amines is 1. The molecule has 0 spiro atoms. The minimum absolute atomic E-state index is 0.140. The van der Waals surface area contributed by atoms with E-state index in [9.17, 15) is 4.79 Å². The fourth-order valence-corrected chi connectivity index (χ4v) is 4.14. The van der Waals surface area contributed by atoms with Gasteiger partial charge in [0.25, 0.3) is 0 Å². The maximum Gasteiger partial charge on any atom is 0.332 e. The number of imidazole rings is 1. The van der Waals surface area contributed by atoms with Crippen LogP contribution in [0.5, 0.6) is 5.75 Å². The van der Waals surface area contributed by atoms with Crippen LogP contribution in [0.25, 0.3) is 16.6 Å². The third kappa shape index (κ3) is 3.13. The zero-order valence-corrected chi connectivity index (χ0v) is 16.3. The van der Waals surface area contributed by atoms with Crippen LogP contribution in [-0.2, 0) is 6.54 Å². The Morgan fingerprint density at radius 1 is 1.03 bits per heavy atom. The van der Waals surface area contributed by atoms with Gasteiger partial charge in [-0.05, 0) is 24.3 Å². The summed E-state index contributed by atoms with van der Waals surface area (Å²) >= 11 is 0. The van der Waals surface area contributed by atoms with E-state index < -0.39 is 0 Å². The van der Waals surface area contributed by atoms with Gasteiger partial charge in [0.05, 0.1) is 30.2 Å². The summed E-state index contributed by atoms with van der Waals surface area (Å²) < 4.78 is 7.21. The van der Waals surface area contributed by atoms with Gasteiger partial charge >= 0.3 is 5.69 Å². The van der Waals surface area contributed by atoms with E-state index in [-0.39, 0.29) is 5.69 Å². The van der Waals surface area contributed by atoms with E-state index >= 15 is 0 Å². The maximum absolute atomic E-state index is 12.7. The standard InChI is InChI=1S/C22H23N5O2/c1-29-20-9-5-4-8-19(20)26-12-10-25(11-13-26)15-16-14-23-21-17-6-2-3-7-18(17)24-22(28)27(16)21/h2-9,14H,10-13,15H2,1H3,(H,24,28). The molecule has 0 bridgehead atoms. The molecule has 1 aliphatic rings. The van der Waals surface area contributed by atoms with Crippen molar-refractivity contribution in [3.63, 3.8) is 0 Å². The highest BCUT2D eigenvalue weighted by Crippen LogP contribution is 2.28. The molecule has 3 heterocycles. The number of nitrogens with one attached hydrogen (secondary N) is 1. The predicted octanol–water partition coefficient (Wildman–Crippen LogP) is 2.51. The Hall–Kier alpha value is -3.32. The molecule has 148 valence electrons. The number of para-hydroxylation sites is 3. The number of hydrogen-bond donors (Lipinski definition) is 1. The second-order valence-corrected chi connectivity index (χ2v) is 7.32.